The summed E-state index contributed by atoms with van der Waals surface area (Å²) in [7, 11) is 1.36. The maximum atomic E-state index is 11.8. The summed E-state index contributed by atoms with van der Waals surface area (Å²) < 4.78 is 6.41. The molecule has 1 aromatic carbocycles. The molecule has 0 saturated heterocycles. The lowest BCUT2D eigenvalue weighted by atomic mass is 10.1. The molecule has 0 bridgehead atoms. The average molecular weight is 259 g/mol. The Hall–Kier alpha value is -2.10. The normalized spacial score (nSPS) is 10.7. The number of aryl methyl sites for hydroxylation is 1. The Morgan fingerprint density at radius 2 is 2.00 bits per heavy atom. The zero-order valence-electron chi connectivity index (χ0n) is 11.4. The van der Waals surface area contributed by atoms with Crippen LogP contribution in [0, 0.1) is 0 Å². The zero-order valence-corrected chi connectivity index (χ0v) is 11.4. The van der Waals surface area contributed by atoms with E-state index in [-0.39, 0.29) is 11.9 Å². The number of aromatic nitrogens is 1. The molecule has 4 heteroatoms. The Bertz CT molecular complexity index is 640. The van der Waals surface area contributed by atoms with Gasteiger partial charge in [0.2, 0.25) is 5.91 Å². The first-order valence-electron chi connectivity index (χ1n) is 6.32. The number of carbonyl (C=O) groups is 2. The predicted molar refractivity (Wildman–Crippen MR) is 73.6 cm³/mol. The topological polar surface area (TPSA) is 48.3 Å². The van der Waals surface area contributed by atoms with Crippen LogP contribution in [0.15, 0.2) is 24.3 Å². The van der Waals surface area contributed by atoms with Crippen LogP contribution in [0.1, 0.15) is 41.1 Å². The Labute approximate surface area is 112 Å². The van der Waals surface area contributed by atoms with E-state index in [0.717, 1.165) is 29.4 Å². The molecule has 0 aliphatic heterocycles. The van der Waals surface area contributed by atoms with Gasteiger partial charge in [0.05, 0.1) is 18.2 Å². The van der Waals surface area contributed by atoms with Gasteiger partial charge in [-0.3, -0.25) is 9.36 Å². The molecule has 0 saturated carbocycles. The Balaban J connectivity index is 2.62. The van der Waals surface area contributed by atoms with E-state index in [2.05, 4.69) is 6.92 Å². The van der Waals surface area contributed by atoms with Crippen LogP contribution in [0.25, 0.3) is 10.9 Å². The Morgan fingerprint density at radius 1 is 1.26 bits per heavy atom. The van der Waals surface area contributed by atoms with Crippen molar-refractivity contribution < 1.29 is 14.3 Å². The molecule has 0 fully saturated rings. The first kappa shape index (κ1) is 13.3. The van der Waals surface area contributed by atoms with Crippen LogP contribution < -0.4 is 0 Å². The van der Waals surface area contributed by atoms with Crippen LogP contribution in [0.5, 0.6) is 0 Å². The highest BCUT2D eigenvalue weighted by atomic mass is 16.5. The van der Waals surface area contributed by atoms with Crippen molar-refractivity contribution in [3.05, 3.63) is 35.5 Å². The lowest BCUT2D eigenvalue weighted by Gasteiger charge is -2.05. The van der Waals surface area contributed by atoms with Crippen LogP contribution in [0.3, 0.4) is 0 Å². The number of fused-ring (bicyclic) bond motifs is 1. The van der Waals surface area contributed by atoms with Gasteiger partial charge in [-0.05, 0) is 30.7 Å². The highest BCUT2D eigenvalue weighted by Crippen LogP contribution is 2.22. The van der Waals surface area contributed by atoms with Crippen LogP contribution in [0.4, 0.5) is 0 Å². The van der Waals surface area contributed by atoms with Crippen molar-refractivity contribution in [3.8, 4) is 0 Å². The molecule has 2 aromatic rings. The lowest BCUT2D eigenvalue weighted by Crippen LogP contribution is -2.09. The Morgan fingerprint density at radius 3 is 2.58 bits per heavy atom. The lowest BCUT2D eigenvalue weighted by molar-refractivity contribution is 0.0601. The monoisotopic (exact) mass is 259 g/mol. The molecule has 0 radical (unpaired) electrons. The van der Waals surface area contributed by atoms with Crippen molar-refractivity contribution in [1.82, 2.24) is 4.57 Å². The molecule has 0 spiro atoms. The van der Waals surface area contributed by atoms with Gasteiger partial charge in [0.1, 0.15) is 0 Å². The number of ether oxygens (including phenoxy) is 1. The van der Waals surface area contributed by atoms with Gasteiger partial charge in [-0.2, -0.15) is 0 Å². The summed E-state index contributed by atoms with van der Waals surface area (Å²) in [6.07, 6.45) is 1.80. The molecule has 0 unspecified atom stereocenters. The third kappa shape index (κ3) is 2.38. The maximum absolute atomic E-state index is 11.8. The third-order valence-electron chi connectivity index (χ3n) is 3.12. The van der Waals surface area contributed by atoms with Crippen molar-refractivity contribution in [2.24, 2.45) is 0 Å². The highest BCUT2D eigenvalue weighted by Gasteiger charge is 2.13. The molecule has 1 aromatic heterocycles. The molecule has 19 heavy (non-hydrogen) atoms. The van der Waals surface area contributed by atoms with E-state index in [9.17, 15) is 9.59 Å². The van der Waals surface area contributed by atoms with E-state index in [1.807, 2.05) is 6.07 Å². The van der Waals surface area contributed by atoms with E-state index in [4.69, 9.17) is 4.74 Å². The highest BCUT2D eigenvalue weighted by molar-refractivity contribution is 5.98. The summed E-state index contributed by atoms with van der Waals surface area (Å²) in [6, 6.07) is 7.21. The molecular formula is C15H17NO3. The second kappa shape index (κ2) is 5.26. The van der Waals surface area contributed by atoms with Crippen molar-refractivity contribution in [2.45, 2.75) is 26.7 Å². The van der Waals surface area contributed by atoms with Gasteiger partial charge < -0.3 is 4.74 Å². The third-order valence-corrected chi connectivity index (χ3v) is 3.12. The standard InChI is InChI=1S/C15H17NO3/c1-4-5-13-9-12-8-11(15(18)19-3)6-7-14(12)16(13)10(2)17/h6-9H,4-5H2,1-3H3. The predicted octanol–water partition coefficient (Wildman–Crippen LogP) is 3.04. The van der Waals surface area contributed by atoms with Crippen molar-refractivity contribution in [3.63, 3.8) is 0 Å². The quantitative estimate of drug-likeness (QED) is 0.796. The van der Waals surface area contributed by atoms with Crippen LogP contribution in [0.2, 0.25) is 0 Å². The SMILES string of the molecule is CCCc1cc2cc(C(=O)OC)ccc2n1C(C)=O. The van der Waals surface area contributed by atoms with Crippen molar-refractivity contribution >= 4 is 22.8 Å². The summed E-state index contributed by atoms with van der Waals surface area (Å²) in [6.45, 7) is 3.62. The van der Waals surface area contributed by atoms with E-state index in [1.165, 1.54) is 7.11 Å². The molecule has 4 nitrogen and oxygen atoms in total. The number of esters is 1. The second-order valence-corrected chi connectivity index (χ2v) is 4.51. The molecule has 0 N–H and O–H groups in total. The molecule has 0 aliphatic rings. The number of benzene rings is 1. The van der Waals surface area contributed by atoms with Gasteiger partial charge in [0.25, 0.3) is 0 Å². The second-order valence-electron chi connectivity index (χ2n) is 4.51. The fraction of sp³-hybridized carbons (Fsp3) is 0.333. The number of rotatable bonds is 3. The molecule has 0 atom stereocenters. The summed E-state index contributed by atoms with van der Waals surface area (Å²) >= 11 is 0. The van der Waals surface area contributed by atoms with E-state index >= 15 is 0 Å². The summed E-state index contributed by atoms with van der Waals surface area (Å²) in [5.41, 5.74) is 2.31. The first-order chi connectivity index (χ1) is 9.08. The first-order valence-corrected chi connectivity index (χ1v) is 6.32. The summed E-state index contributed by atoms with van der Waals surface area (Å²) in [5.74, 6) is -0.376. The van der Waals surface area contributed by atoms with Gasteiger partial charge in [0, 0.05) is 18.0 Å². The number of carbonyl (C=O) groups excluding carboxylic acids is 2. The largest absolute Gasteiger partial charge is 0.465 e. The van der Waals surface area contributed by atoms with Gasteiger partial charge in [0.15, 0.2) is 0 Å². The summed E-state index contributed by atoms with van der Waals surface area (Å²) in [4.78, 5) is 23.3. The number of methoxy groups -OCH3 is 1. The average Bonchev–Trinajstić information content (AvgIpc) is 2.75. The minimum atomic E-state index is -0.366. The molecule has 0 amide bonds. The van der Waals surface area contributed by atoms with E-state index in [0.29, 0.717) is 5.56 Å². The fourth-order valence-corrected chi connectivity index (χ4v) is 2.33. The fourth-order valence-electron chi connectivity index (χ4n) is 2.33. The van der Waals surface area contributed by atoms with Gasteiger partial charge in [-0.25, -0.2) is 4.79 Å². The number of nitrogens with zero attached hydrogens (tertiary/aromatic N) is 1. The molecule has 100 valence electrons. The minimum absolute atomic E-state index is 0.00994. The smallest absolute Gasteiger partial charge is 0.337 e. The van der Waals surface area contributed by atoms with Gasteiger partial charge in [-0.15, -0.1) is 0 Å². The van der Waals surface area contributed by atoms with E-state index < -0.39 is 0 Å². The number of hydrogen-bond acceptors (Lipinski definition) is 3. The zero-order chi connectivity index (χ0) is 14.0. The van der Waals surface area contributed by atoms with Crippen LogP contribution in [-0.2, 0) is 11.2 Å². The molecule has 2 rings (SSSR count). The van der Waals surface area contributed by atoms with Crippen molar-refractivity contribution in [1.29, 1.82) is 0 Å². The number of hydrogen-bond donors (Lipinski definition) is 0. The molecule has 0 aliphatic carbocycles. The van der Waals surface area contributed by atoms with Crippen LogP contribution in [-0.4, -0.2) is 23.6 Å². The Kier molecular flexibility index (Phi) is 3.69. The van der Waals surface area contributed by atoms with Crippen molar-refractivity contribution in [2.75, 3.05) is 7.11 Å². The van der Waals surface area contributed by atoms with Gasteiger partial charge >= 0.3 is 5.97 Å². The van der Waals surface area contributed by atoms with E-state index in [1.54, 1.807) is 29.7 Å². The van der Waals surface area contributed by atoms with Crippen LogP contribution >= 0.6 is 0 Å². The molecular weight excluding hydrogens is 242 g/mol. The molecule has 1 heterocycles. The summed E-state index contributed by atoms with van der Waals surface area (Å²) in [5, 5.41) is 0.890. The van der Waals surface area contributed by atoms with Gasteiger partial charge in [-0.1, -0.05) is 13.3 Å². The minimum Gasteiger partial charge on any atom is -0.465 e. The maximum Gasteiger partial charge on any atom is 0.337 e.